The van der Waals surface area contributed by atoms with Crippen molar-refractivity contribution >= 4 is 21.9 Å². The van der Waals surface area contributed by atoms with Crippen LogP contribution in [-0.4, -0.2) is 62.2 Å². The second-order valence-electron chi connectivity index (χ2n) is 6.33. The van der Waals surface area contributed by atoms with Crippen molar-refractivity contribution in [2.24, 2.45) is 5.92 Å². The van der Waals surface area contributed by atoms with Crippen molar-refractivity contribution in [3.8, 4) is 5.75 Å². The Bertz CT molecular complexity index is 732. The first-order valence-corrected chi connectivity index (χ1v) is 10.3. The van der Waals surface area contributed by atoms with Gasteiger partial charge in [0, 0.05) is 19.6 Å². The minimum absolute atomic E-state index is 0.125. The molecule has 1 amide bonds. The van der Waals surface area contributed by atoms with Crippen LogP contribution in [0.2, 0.25) is 0 Å². The lowest BCUT2D eigenvalue weighted by atomic mass is 9.99. The van der Waals surface area contributed by atoms with E-state index in [0.29, 0.717) is 38.1 Å². The Hall–Kier alpha value is -2.13. The molecule has 1 aromatic rings. The highest BCUT2D eigenvalue weighted by Gasteiger charge is 2.29. The number of benzene rings is 1. The summed E-state index contributed by atoms with van der Waals surface area (Å²) in [6, 6.07) is 7.00. The van der Waals surface area contributed by atoms with E-state index in [4.69, 9.17) is 9.84 Å². The van der Waals surface area contributed by atoms with Gasteiger partial charge in [0.05, 0.1) is 12.2 Å². The molecule has 1 unspecified atom stereocenters. The van der Waals surface area contributed by atoms with Gasteiger partial charge in [-0.25, -0.2) is 17.5 Å². The smallest absolute Gasteiger partial charge is 0.341 e. The number of amides is 1. The standard InChI is InChI=1S/C17H24N2O6S/c1-26(23,24)19-10-2-3-14(11-19)17(22)18-9-8-13-4-6-15(7-5-13)25-12-16(20)21/h4-7,14H,2-3,8-12H2,1H3,(H,18,22)(H,20,21). The number of hydrogen-bond acceptors (Lipinski definition) is 5. The Morgan fingerprint density at radius 3 is 2.62 bits per heavy atom. The number of aliphatic carboxylic acids is 1. The molecule has 26 heavy (non-hydrogen) atoms. The van der Waals surface area contributed by atoms with E-state index in [0.717, 1.165) is 11.8 Å². The van der Waals surface area contributed by atoms with Crippen molar-refractivity contribution in [1.82, 2.24) is 9.62 Å². The van der Waals surface area contributed by atoms with Gasteiger partial charge in [-0.15, -0.1) is 0 Å². The number of carbonyl (C=O) groups excluding carboxylic acids is 1. The summed E-state index contributed by atoms with van der Waals surface area (Å²) in [5, 5.41) is 11.4. The highest BCUT2D eigenvalue weighted by Crippen LogP contribution is 2.19. The van der Waals surface area contributed by atoms with Gasteiger partial charge in [-0.3, -0.25) is 4.79 Å². The van der Waals surface area contributed by atoms with Crippen molar-refractivity contribution in [3.05, 3.63) is 29.8 Å². The van der Waals surface area contributed by atoms with Crippen molar-refractivity contribution in [3.63, 3.8) is 0 Å². The molecule has 0 spiro atoms. The lowest BCUT2D eigenvalue weighted by molar-refractivity contribution is -0.139. The maximum atomic E-state index is 12.3. The van der Waals surface area contributed by atoms with Gasteiger partial charge in [-0.2, -0.15) is 0 Å². The van der Waals surface area contributed by atoms with Crippen LogP contribution in [0.4, 0.5) is 0 Å². The zero-order chi connectivity index (χ0) is 19.2. The molecule has 1 atom stereocenters. The molecule has 9 heteroatoms. The summed E-state index contributed by atoms with van der Waals surface area (Å²) in [7, 11) is -3.27. The van der Waals surface area contributed by atoms with Crippen LogP contribution < -0.4 is 10.1 Å². The van der Waals surface area contributed by atoms with E-state index in [9.17, 15) is 18.0 Å². The third kappa shape index (κ3) is 6.30. The average Bonchev–Trinajstić information content (AvgIpc) is 2.60. The van der Waals surface area contributed by atoms with Crippen molar-refractivity contribution in [2.45, 2.75) is 19.3 Å². The third-order valence-electron chi connectivity index (χ3n) is 4.22. The number of nitrogens with zero attached hydrogens (tertiary/aromatic N) is 1. The predicted molar refractivity (Wildman–Crippen MR) is 95.4 cm³/mol. The molecule has 144 valence electrons. The number of carbonyl (C=O) groups is 2. The zero-order valence-electron chi connectivity index (χ0n) is 14.7. The predicted octanol–water partition coefficient (Wildman–Crippen LogP) is 0.480. The van der Waals surface area contributed by atoms with E-state index < -0.39 is 16.0 Å². The van der Waals surface area contributed by atoms with Crippen LogP contribution in [-0.2, 0) is 26.0 Å². The summed E-state index contributed by atoms with van der Waals surface area (Å²) >= 11 is 0. The van der Waals surface area contributed by atoms with Crippen LogP contribution in [0, 0.1) is 5.92 Å². The molecule has 0 aromatic heterocycles. The SMILES string of the molecule is CS(=O)(=O)N1CCCC(C(=O)NCCc2ccc(OCC(=O)O)cc2)C1. The van der Waals surface area contributed by atoms with Crippen LogP contribution in [0.25, 0.3) is 0 Å². The van der Waals surface area contributed by atoms with E-state index in [1.807, 2.05) is 12.1 Å². The zero-order valence-corrected chi connectivity index (χ0v) is 15.5. The van der Waals surface area contributed by atoms with Crippen molar-refractivity contribution in [1.29, 1.82) is 0 Å². The minimum atomic E-state index is -3.27. The van der Waals surface area contributed by atoms with E-state index in [2.05, 4.69) is 5.32 Å². The summed E-state index contributed by atoms with van der Waals surface area (Å²) in [5.41, 5.74) is 0.981. The number of ether oxygens (including phenoxy) is 1. The summed E-state index contributed by atoms with van der Waals surface area (Å²) in [6.45, 7) is 0.768. The largest absolute Gasteiger partial charge is 0.482 e. The van der Waals surface area contributed by atoms with E-state index in [-0.39, 0.29) is 25.0 Å². The first kappa shape index (κ1) is 20.2. The van der Waals surface area contributed by atoms with Gasteiger partial charge in [-0.05, 0) is 37.0 Å². The summed E-state index contributed by atoms with van der Waals surface area (Å²) < 4.78 is 29.6. The second-order valence-corrected chi connectivity index (χ2v) is 8.31. The van der Waals surface area contributed by atoms with Crippen LogP contribution in [0.5, 0.6) is 5.75 Å². The maximum Gasteiger partial charge on any atom is 0.341 e. The number of piperidine rings is 1. The first-order chi connectivity index (χ1) is 12.3. The molecule has 2 N–H and O–H groups in total. The quantitative estimate of drug-likeness (QED) is 0.674. The molecule has 1 heterocycles. The minimum Gasteiger partial charge on any atom is -0.482 e. The molecule has 2 rings (SSSR count). The summed E-state index contributed by atoms with van der Waals surface area (Å²) in [5.74, 6) is -0.998. The normalized spacial score (nSPS) is 18.3. The maximum absolute atomic E-state index is 12.3. The number of nitrogens with one attached hydrogen (secondary N) is 1. The Kier molecular flexibility index (Phi) is 6.98. The van der Waals surface area contributed by atoms with Crippen LogP contribution in [0.3, 0.4) is 0 Å². The number of sulfonamides is 1. The van der Waals surface area contributed by atoms with E-state index in [1.54, 1.807) is 12.1 Å². The molecule has 1 aliphatic heterocycles. The number of carboxylic acids is 1. The molecular formula is C17H24N2O6S. The number of rotatable bonds is 8. The number of carboxylic acid groups (broad SMARTS) is 1. The molecule has 0 bridgehead atoms. The van der Waals surface area contributed by atoms with Crippen LogP contribution in [0.15, 0.2) is 24.3 Å². The molecule has 0 radical (unpaired) electrons. The van der Waals surface area contributed by atoms with Crippen LogP contribution in [0.1, 0.15) is 18.4 Å². The fourth-order valence-corrected chi connectivity index (χ4v) is 3.74. The van der Waals surface area contributed by atoms with Crippen molar-refractivity contribution in [2.75, 3.05) is 32.5 Å². The Morgan fingerprint density at radius 1 is 1.31 bits per heavy atom. The fourth-order valence-electron chi connectivity index (χ4n) is 2.83. The van der Waals surface area contributed by atoms with Gasteiger partial charge in [0.2, 0.25) is 15.9 Å². The van der Waals surface area contributed by atoms with Gasteiger partial charge in [0.1, 0.15) is 5.75 Å². The molecule has 0 aliphatic carbocycles. The van der Waals surface area contributed by atoms with Gasteiger partial charge in [0.15, 0.2) is 6.61 Å². The summed E-state index contributed by atoms with van der Waals surface area (Å²) in [6.07, 6.45) is 3.15. The van der Waals surface area contributed by atoms with Crippen molar-refractivity contribution < 1.29 is 27.9 Å². The highest BCUT2D eigenvalue weighted by molar-refractivity contribution is 7.88. The first-order valence-electron chi connectivity index (χ1n) is 8.42. The van der Waals surface area contributed by atoms with E-state index >= 15 is 0 Å². The van der Waals surface area contributed by atoms with Gasteiger partial charge in [-0.1, -0.05) is 12.1 Å². The monoisotopic (exact) mass is 384 g/mol. The lowest BCUT2D eigenvalue weighted by Crippen LogP contribution is -2.45. The average molecular weight is 384 g/mol. The molecular weight excluding hydrogens is 360 g/mol. The topological polar surface area (TPSA) is 113 Å². The number of hydrogen-bond donors (Lipinski definition) is 2. The second kappa shape index (κ2) is 9.00. The molecule has 8 nitrogen and oxygen atoms in total. The molecule has 1 saturated heterocycles. The third-order valence-corrected chi connectivity index (χ3v) is 5.49. The van der Waals surface area contributed by atoms with Gasteiger partial charge in [0.25, 0.3) is 0 Å². The highest BCUT2D eigenvalue weighted by atomic mass is 32.2. The summed E-state index contributed by atoms with van der Waals surface area (Å²) in [4.78, 5) is 22.7. The molecule has 1 aromatic carbocycles. The lowest BCUT2D eigenvalue weighted by Gasteiger charge is -2.30. The molecule has 0 saturated carbocycles. The van der Waals surface area contributed by atoms with Crippen LogP contribution >= 0.6 is 0 Å². The van der Waals surface area contributed by atoms with Gasteiger partial charge < -0.3 is 15.2 Å². The van der Waals surface area contributed by atoms with Gasteiger partial charge >= 0.3 is 5.97 Å². The Balaban J connectivity index is 1.76. The Labute approximate surface area is 153 Å². The van der Waals surface area contributed by atoms with E-state index in [1.165, 1.54) is 4.31 Å². The molecule has 1 aliphatic rings. The molecule has 1 fully saturated rings. The fraction of sp³-hybridized carbons (Fsp3) is 0.529. The Morgan fingerprint density at radius 2 is 2.00 bits per heavy atom.